The Kier molecular flexibility index (Phi) is 4.66. The number of nitrogens with zero attached hydrogens (tertiary/aromatic N) is 1. The third-order valence-electron chi connectivity index (χ3n) is 3.59. The minimum absolute atomic E-state index is 0.120. The number of nitriles is 1. The van der Waals surface area contributed by atoms with Crippen molar-refractivity contribution in [1.82, 2.24) is 5.43 Å². The molecule has 3 aromatic rings. The van der Waals surface area contributed by atoms with Crippen LogP contribution in [-0.4, -0.2) is 0 Å². The number of hydrogen-bond donors (Lipinski definition) is 3. The van der Waals surface area contributed by atoms with E-state index in [9.17, 15) is 0 Å². The van der Waals surface area contributed by atoms with Crippen molar-refractivity contribution in [3.63, 3.8) is 0 Å². The van der Waals surface area contributed by atoms with E-state index >= 15 is 0 Å². The summed E-state index contributed by atoms with van der Waals surface area (Å²) >= 11 is 1.72. The van der Waals surface area contributed by atoms with Crippen LogP contribution in [0.25, 0.3) is 15.8 Å². The highest BCUT2D eigenvalue weighted by Crippen LogP contribution is 2.23. The Morgan fingerprint density at radius 3 is 2.88 bits per heavy atom. The third kappa shape index (κ3) is 3.33. The molecule has 0 amide bonds. The van der Waals surface area contributed by atoms with Gasteiger partial charge in [0.2, 0.25) is 0 Å². The zero-order valence-corrected chi connectivity index (χ0v) is 13.6. The van der Waals surface area contributed by atoms with Gasteiger partial charge in [-0.3, -0.25) is 0 Å². The van der Waals surface area contributed by atoms with Crippen LogP contribution in [0.2, 0.25) is 0 Å². The van der Waals surface area contributed by atoms with Crippen molar-refractivity contribution in [2.75, 3.05) is 0 Å². The lowest BCUT2D eigenvalue weighted by Gasteiger charge is -2.10. The highest BCUT2D eigenvalue weighted by atomic mass is 32.1. The van der Waals surface area contributed by atoms with E-state index in [1.807, 2.05) is 18.2 Å². The number of fused-ring (bicyclic) bond motifs is 1. The summed E-state index contributed by atoms with van der Waals surface area (Å²) in [6, 6.07) is 17.6. The van der Waals surface area contributed by atoms with Crippen LogP contribution < -0.4 is 21.7 Å². The molecule has 0 unspecified atom stereocenters. The van der Waals surface area contributed by atoms with Gasteiger partial charge >= 0.3 is 0 Å². The first-order chi connectivity index (χ1) is 11.7. The van der Waals surface area contributed by atoms with Crippen LogP contribution in [0, 0.1) is 11.3 Å². The summed E-state index contributed by atoms with van der Waals surface area (Å²) in [5, 5.41) is 12.3. The SMILES string of the molecule is N#C/C(NN)=C(/N)c1cccc(OCc2ccc3sccc3c2)c1. The van der Waals surface area contributed by atoms with Gasteiger partial charge < -0.3 is 15.9 Å². The van der Waals surface area contributed by atoms with Gasteiger partial charge in [0.15, 0.2) is 5.70 Å². The maximum absolute atomic E-state index is 8.99. The first kappa shape index (κ1) is 15.9. The molecule has 120 valence electrons. The standard InChI is InChI=1S/C18H16N4OS/c19-10-16(22-21)18(20)14-2-1-3-15(9-14)23-11-12-4-5-17-13(8-12)6-7-24-17/h1-9,22H,11,20-21H2/b18-16-. The maximum Gasteiger partial charge on any atom is 0.151 e. The van der Waals surface area contributed by atoms with Gasteiger partial charge in [-0.1, -0.05) is 18.2 Å². The third-order valence-corrected chi connectivity index (χ3v) is 4.49. The first-order valence-electron chi connectivity index (χ1n) is 7.27. The van der Waals surface area contributed by atoms with E-state index in [0.29, 0.717) is 17.9 Å². The lowest BCUT2D eigenvalue weighted by atomic mass is 10.1. The van der Waals surface area contributed by atoms with E-state index < -0.39 is 0 Å². The second kappa shape index (κ2) is 7.04. The summed E-state index contributed by atoms with van der Waals surface area (Å²) in [5.74, 6) is 5.97. The Labute approximate surface area is 143 Å². The highest BCUT2D eigenvalue weighted by molar-refractivity contribution is 7.17. The minimum Gasteiger partial charge on any atom is -0.489 e. The maximum atomic E-state index is 8.99. The molecule has 5 nitrogen and oxygen atoms in total. The summed E-state index contributed by atoms with van der Waals surface area (Å²) < 4.78 is 7.11. The van der Waals surface area contributed by atoms with Crippen molar-refractivity contribution < 1.29 is 4.74 Å². The number of benzene rings is 2. The van der Waals surface area contributed by atoms with Gasteiger partial charge in [0.1, 0.15) is 18.4 Å². The van der Waals surface area contributed by atoms with Crippen molar-refractivity contribution >= 4 is 27.1 Å². The van der Waals surface area contributed by atoms with E-state index in [-0.39, 0.29) is 11.4 Å². The zero-order valence-electron chi connectivity index (χ0n) is 12.8. The lowest BCUT2D eigenvalue weighted by Crippen LogP contribution is -2.23. The molecule has 0 saturated carbocycles. The Balaban J connectivity index is 1.77. The molecule has 2 aromatic carbocycles. The predicted molar refractivity (Wildman–Crippen MR) is 96.6 cm³/mol. The number of nitrogens with two attached hydrogens (primary N) is 2. The fraction of sp³-hybridized carbons (Fsp3) is 0.0556. The summed E-state index contributed by atoms with van der Waals surface area (Å²) in [7, 11) is 0. The topological polar surface area (TPSA) is 97.1 Å². The molecule has 1 heterocycles. The molecule has 6 heteroatoms. The molecule has 0 aliphatic carbocycles. The van der Waals surface area contributed by atoms with Crippen LogP contribution in [0.1, 0.15) is 11.1 Å². The molecule has 0 saturated heterocycles. The monoisotopic (exact) mass is 336 g/mol. The number of rotatable bonds is 5. The molecule has 5 N–H and O–H groups in total. The average Bonchev–Trinajstić information content (AvgIpc) is 3.09. The van der Waals surface area contributed by atoms with Crippen molar-refractivity contribution in [1.29, 1.82) is 5.26 Å². The van der Waals surface area contributed by atoms with E-state index in [1.165, 1.54) is 10.1 Å². The molecule has 0 atom stereocenters. The lowest BCUT2D eigenvalue weighted by molar-refractivity contribution is 0.306. The second-order valence-corrected chi connectivity index (χ2v) is 6.10. The van der Waals surface area contributed by atoms with E-state index in [2.05, 4.69) is 35.1 Å². The van der Waals surface area contributed by atoms with E-state index in [1.54, 1.807) is 23.5 Å². The molecule has 0 fully saturated rings. The fourth-order valence-corrected chi connectivity index (χ4v) is 3.11. The smallest absolute Gasteiger partial charge is 0.151 e. The van der Waals surface area contributed by atoms with Crippen molar-refractivity contribution in [2.24, 2.45) is 11.6 Å². The predicted octanol–water partition coefficient (Wildman–Crippen LogP) is 3.09. The highest BCUT2D eigenvalue weighted by Gasteiger charge is 2.06. The van der Waals surface area contributed by atoms with Gasteiger partial charge in [-0.2, -0.15) is 5.26 Å². The van der Waals surface area contributed by atoms with Crippen LogP contribution in [0.3, 0.4) is 0 Å². The first-order valence-corrected chi connectivity index (χ1v) is 8.15. The quantitative estimate of drug-likeness (QED) is 0.378. The van der Waals surface area contributed by atoms with Gasteiger partial charge in [0.25, 0.3) is 0 Å². The Bertz CT molecular complexity index is 939. The van der Waals surface area contributed by atoms with Crippen LogP contribution in [-0.2, 0) is 6.61 Å². The number of ether oxygens (including phenoxy) is 1. The van der Waals surface area contributed by atoms with Crippen LogP contribution >= 0.6 is 11.3 Å². The molecule has 3 rings (SSSR count). The summed E-state index contributed by atoms with van der Waals surface area (Å²) in [6.45, 7) is 0.457. The van der Waals surface area contributed by atoms with Gasteiger partial charge in [0.05, 0.1) is 5.70 Å². The minimum atomic E-state index is 0.120. The summed E-state index contributed by atoms with van der Waals surface area (Å²) in [6.07, 6.45) is 0. The molecule has 0 aliphatic heterocycles. The van der Waals surface area contributed by atoms with Crippen molar-refractivity contribution in [3.8, 4) is 11.8 Å². The molecule has 1 aromatic heterocycles. The van der Waals surface area contributed by atoms with E-state index in [0.717, 1.165) is 5.56 Å². The van der Waals surface area contributed by atoms with Crippen LogP contribution in [0.4, 0.5) is 0 Å². The number of nitrogens with one attached hydrogen (secondary N) is 1. The molecule has 0 bridgehead atoms. The average molecular weight is 336 g/mol. The fourth-order valence-electron chi connectivity index (χ4n) is 2.34. The molecular formula is C18H16N4OS. The largest absolute Gasteiger partial charge is 0.489 e. The Morgan fingerprint density at radius 2 is 2.08 bits per heavy atom. The van der Waals surface area contributed by atoms with Gasteiger partial charge in [-0.25, -0.2) is 5.84 Å². The van der Waals surface area contributed by atoms with E-state index in [4.69, 9.17) is 21.6 Å². The normalized spacial score (nSPS) is 11.7. The second-order valence-electron chi connectivity index (χ2n) is 5.15. The summed E-state index contributed by atoms with van der Waals surface area (Å²) in [5.41, 5.74) is 10.4. The van der Waals surface area contributed by atoms with Gasteiger partial charge in [-0.05, 0) is 46.7 Å². The van der Waals surface area contributed by atoms with Gasteiger partial charge in [0, 0.05) is 10.3 Å². The summed E-state index contributed by atoms with van der Waals surface area (Å²) in [4.78, 5) is 0. The molecule has 0 aliphatic rings. The molecule has 0 radical (unpaired) electrons. The zero-order chi connectivity index (χ0) is 16.9. The molecule has 0 spiro atoms. The Morgan fingerprint density at radius 1 is 1.21 bits per heavy atom. The van der Waals surface area contributed by atoms with Crippen LogP contribution in [0.15, 0.2) is 59.6 Å². The Hall–Kier alpha value is -3.01. The number of thiophene rings is 1. The molecule has 24 heavy (non-hydrogen) atoms. The van der Waals surface area contributed by atoms with Crippen molar-refractivity contribution in [2.45, 2.75) is 6.61 Å². The van der Waals surface area contributed by atoms with Gasteiger partial charge in [-0.15, -0.1) is 11.3 Å². The number of hydrogen-bond acceptors (Lipinski definition) is 6. The van der Waals surface area contributed by atoms with Crippen molar-refractivity contribution in [3.05, 3.63) is 70.7 Å². The van der Waals surface area contributed by atoms with Crippen LogP contribution in [0.5, 0.6) is 5.75 Å². The molecular weight excluding hydrogens is 320 g/mol. The number of allylic oxidation sites excluding steroid dienone is 1. The number of hydrazine groups is 1.